The summed E-state index contributed by atoms with van der Waals surface area (Å²) in [5.41, 5.74) is -0.108. The molecule has 32 heavy (non-hydrogen) atoms. The van der Waals surface area contributed by atoms with Crippen molar-refractivity contribution < 1.29 is 19.0 Å². The molecular weight excluding hydrogens is 480 g/mol. The minimum atomic E-state index is -0.666. The lowest BCUT2D eigenvalue weighted by atomic mass is 10.1. The number of aromatic nitrogens is 2. The number of aromatic hydroxyl groups is 1. The Kier molecular flexibility index (Phi) is 6.02. The quantitative estimate of drug-likeness (QED) is 0.596. The second kappa shape index (κ2) is 8.47. The zero-order valence-corrected chi connectivity index (χ0v) is 19.1. The van der Waals surface area contributed by atoms with Crippen molar-refractivity contribution in [3.8, 4) is 16.3 Å². The molecule has 1 aromatic carbocycles. The average Bonchev–Trinajstić information content (AvgIpc) is 3.35. The van der Waals surface area contributed by atoms with Crippen LogP contribution < -0.4 is 5.43 Å². The maximum atomic E-state index is 14.2. The van der Waals surface area contributed by atoms with E-state index in [0.717, 1.165) is 4.88 Å². The maximum absolute atomic E-state index is 14.2. The Labute approximate surface area is 197 Å². The monoisotopic (exact) mass is 497 g/mol. The van der Waals surface area contributed by atoms with Crippen molar-refractivity contribution in [2.24, 2.45) is 0 Å². The van der Waals surface area contributed by atoms with E-state index in [1.165, 1.54) is 23.6 Å². The van der Waals surface area contributed by atoms with Gasteiger partial charge in [0.05, 0.1) is 29.8 Å². The topological polar surface area (TPSA) is 84.7 Å². The van der Waals surface area contributed by atoms with Crippen LogP contribution in [0.5, 0.6) is 5.75 Å². The van der Waals surface area contributed by atoms with Gasteiger partial charge in [-0.3, -0.25) is 9.59 Å². The van der Waals surface area contributed by atoms with E-state index >= 15 is 0 Å². The van der Waals surface area contributed by atoms with Crippen molar-refractivity contribution in [3.63, 3.8) is 0 Å². The Morgan fingerprint density at radius 2 is 2.16 bits per heavy atom. The molecule has 2 aliphatic rings. The molecule has 0 unspecified atom stereocenters. The number of rotatable bonds is 3. The summed E-state index contributed by atoms with van der Waals surface area (Å²) < 4.78 is 21.4. The zero-order chi connectivity index (χ0) is 21.9. The summed E-state index contributed by atoms with van der Waals surface area (Å²) in [6.07, 6.45) is 2.92. The van der Waals surface area contributed by atoms with Gasteiger partial charge in [0.1, 0.15) is 10.8 Å². The van der Waals surface area contributed by atoms with E-state index in [9.17, 15) is 19.1 Å². The summed E-state index contributed by atoms with van der Waals surface area (Å²) in [4.78, 5) is 32.3. The van der Waals surface area contributed by atoms with Crippen LogP contribution in [0, 0.1) is 5.82 Å². The molecule has 4 heterocycles. The van der Waals surface area contributed by atoms with Crippen molar-refractivity contribution in [2.75, 3.05) is 6.61 Å². The van der Waals surface area contributed by atoms with Gasteiger partial charge in [-0.05, 0) is 18.6 Å². The van der Waals surface area contributed by atoms with E-state index in [1.54, 1.807) is 27.8 Å². The lowest BCUT2D eigenvalue weighted by molar-refractivity contribution is 0.00638. The Bertz CT molecular complexity index is 1280. The van der Waals surface area contributed by atoms with Gasteiger partial charge in [0.25, 0.3) is 5.91 Å². The fourth-order valence-corrected chi connectivity index (χ4v) is 5.15. The van der Waals surface area contributed by atoms with Crippen molar-refractivity contribution in [3.05, 3.63) is 67.8 Å². The first-order valence-electron chi connectivity index (χ1n) is 9.63. The highest BCUT2D eigenvalue weighted by Crippen LogP contribution is 2.33. The fraction of sp³-hybridized carbons (Fsp3) is 0.286. The molecule has 0 saturated carbocycles. The molecule has 1 saturated heterocycles. The third-order valence-electron chi connectivity index (χ3n) is 5.54. The first-order valence-corrected chi connectivity index (χ1v) is 10.8. The lowest BCUT2D eigenvalue weighted by Crippen LogP contribution is -2.48. The van der Waals surface area contributed by atoms with Crippen LogP contribution in [0.1, 0.15) is 27.9 Å². The van der Waals surface area contributed by atoms with Crippen molar-refractivity contribution in [1.29, 1.82) is 0 Å². The predicted molar refractivity (Wildman–Crippen MR) is 120 cm³/mol. The molecule has 1 amide bonds. The van der Waals surface area contributed by atoms with Crippen molar-refractivity contribution >= 4 is 41.3 Å². The molecule has 2 aliphatic heterocycles. The summed E-state index contributed by atoms with van der Waals surface area (Å²) in [6.45, 7) is 2.56. The standard InChI is InChI=1S/C21H17ClFN3O4S.ClH/c1-10-9-30-15-8-25-7-13(18(27)19(28)17(25)21(29)26(10)15)20-24-6-12(31-20)5-11-3-2-4-14(22)16(11)23;/h2-4,6-7,10,15,28H,5,8-9H2,1H3;1H/t10-,15+;/m0./s1. The molecular formula is C21H18Cl2FN3O4S. The van der Waals surface area contributed by atoms with Gasteiger partial charge in [0.15, 0.2) is 17.7 Å². The van der Waals surface area contributed by atoms with Crippen LogP contribution in [0.15, 0.2) is 35.4 Å². The second-order valence-electron chi connectivity index (χ2n) is 7.59. The predicted octanol–water partition coefficient (Wildman–Crippen LogP) is 3.68. The molecule has 168 valence electrons. The van der Waals surface area contributed by atoms with Crippen molar-refractivity contribution in [1.82, 2.24) is 14.5 Å². The lowest BCUT2D eigenvalue weighted by Gasteiger charge is -2.33. The third-order valence-corrected chi connectivity index (χ3v) is 6.86. The number of ether oxygens (including phenoxy) is 1. The highest BCUT2D eigenvalue weighted by molar-refractivity contribution is 7.15. The molecule has 0 spiro atoms. The van der Waals surface area contributed by atoms with E-state index in [4.69, 9.17) is 16.3 Å². The van der Waals surface area contributed by atoms with Gasteiger partial charge in [-0.2, -0.15) is 0 Å². The summed E-state index contributed by atoms with van der Waals surface area (Å²) in [7, 11) is 0. The zero-order valence-electron chi connectivity index (χ0n) is 16.7. The molecule has 3 aromatic rings. The van der Waals surface area contributed by atoms with Crippen LogP contribution in [0.25, 0.3) is 10.6 Å². The van der Waals surface area contributed by atoms with Gasteiger partial charge >= 0.3 is 0 Å². The van der Waals surface area contributed by atoms with Gasteiger partial charge in [0.2, 0.25) is 5.43 Å². The number of hydrogen-bond donors (Lipinski definition) is 1. The molecule has 11 heteroatoms. The van der Waals surface area contributed by atoms with Gasteiger partial charge in [-0.15, -0.1) is 23.7 Å². The average molecular weight is 498 g/mol. The molecule has 0 aliphatic carbocycles. The fourth-order valence-electron chi connectivity index (χ4n) is 4.01. The smallest absolute Gasteiger partial charge is 0.276 e. The van der Waals surface area contributed by atoms with Crippen LogP contribution in [0.4, 0.5) is 4.39 Å². The number of carbonyl (C=O) groups is 1. The van der Waals surface area contributed by atoms with E-state index in [-0.39, 0.29) is 41.1 Å². The Hall–Kier alpha value is -2.46. The molecule has 2 atom stereocenters. The molecule has 1 fully saturated rings. The number of fused-ring (bicyclic) bond motifs is 2. The normalized spacial score (nSPS) is 19.5. The molecule has 0 radical (unpaired) electrons. The Morgan fingerprint density at radius 3 is 2.94 bits per heavy atom. The van der Waals surface area contributed by atoms with Crippen LogP contribution in [-0.4, -0.2) is 44.3 Å². The number of hydrogen-bond acceptors (Lipinski definition) is 6. The van der Waals surface area contributed by atoms with E-state index in [1.807, 2.05) is 6.92 Å². The number of halogens is 3. The van der Waals surface area contributed by atoms with Crippen LogP contribution in [0.3, 0.4) is 0 Å². The van der Waals surface area contributed by atoms with E-state index in [0.29, 0.717) is 23.7 Å². The van der Waals surface area contributed by atoms with E-state index < -0.39 is 29.1 Å². The van der Waals surface area contributed by atoms with E-state index in [2.05, 4.69) is 4.98 Å². The number of amides is 1. The van der Waals surface area contributed by atoms with Gasteiger partial charge in [-0.25, -0.2) is 9.37 Å². The summed E-state index contributed by atoms with van der Waals surface area (Å²) >= 11 is 7.06. The molecule has 5 rings (SSSR count). The third kappa shape index (κ3) is 3.59. The summed E-state index contributed by atoms with van der Waals surface area (Å²) in [5.74, 6) is -1.52. The second-order valence-corrected chi connectivity index (χ2v) is 9.11. The Balaban J connectivity index is 0.00000245. The summed E-state index contributed by atoms with van der Waals surface area (Å²) in [5, 5.41) is 11.0. The SMILES string of the molecule is C[C@H]1CO[C@@H]2Cn3cc(-c4ncc(Cc5cccc(Cl)c5F)s4)c(=O)c(O)c3C(=O)N12.Cl. The minimum Gasteiger partial charge on any atom is -0.503 e. The first-order chi connectivity index (χ1) is 14.8. The molecule has 2 aromatic heterocycles. The number of carbonyl (C=O) groups excluding carboxylic acids is 1. The number of nitrogens with zero attached hydrogens (tertiary/aromatic N) is 3. The first kappa shape index (κ1) is 22.7. The van der Waals surface area contributed by atoms with Crippen LogP contribution in [0.2, 0.25) is 5.02 Å². The van der Waals surface area contributed by atoms with Crippen LogP contribution >= 0.6 is 35.3 Å². The molecule has 1 N–H and O–H groups in total. The van der Waals surface area contributed by atoms with Crippen LogP contribution in [-0.2, 0) is 17.7 Å². The molecule has 0 bridgehead atoms. The highest BCUT2D eigenvalue weighted by Gasteiger charge is 2.42. The maximum Gasteiger partial charge on any atom is 0.276 e. The van der Waals surface area contributed by atoms with Gasteiger partial charge in [0, 0.05) is 23.7 Å². The van der Waals surface area contributed by atoms with Gasteiger partial charge < -0.3 is 19.3 Å². The highest BCUT2D eigenvalue weighted by atomic mass is 35.5. The van der Waals surface area contributed by atoms with Crippen molar-refractivity contribution in [2.45, 2.75) is 32.2 Å². The summed E-state index contributed by atoms with van der Waals surface area (Å²) in [6, 6.07) is 4.66. The Morgan fingerprint density at radius 1 is 1.38 bits per heavy atom. The minimum absolute atomic E-state index is 0. The number of pyridine rings is 1. The van der Waals surface area contributed by atoms with Gasteiger partial charge in [-0.1, -0.05) is 23.7 Å². The molecule has 7 nitrogen and oxygen atoms in total. The largest absolute Gasteiger partial charge is 0.503 e. The number of benzene rings is 1. The number of thiazole rings is 1.